The van der Waals surface area contributed by atoms with Crippen LogP contribution in [0.2, 0.25) is 0 Å². The second-order valence-corrected chi connectivity index (χ2v) is 18.9. The highest BCUT2D eigenvalue weighted by Gasteiger charge is 2.30. The molecule has 0 bridgehead atoms. The molecule has 4 aliphatic heterocycles. The lowest BCUT2D eigenvalue weighted by molar-refractivity contribution is -0.133. The zero-order valence-corrected chi connectivity index (χ0v) is 39.4. The van der Waals surface area contributed by atoms with Gasteiger partial charge in [0.15, 0.2) is 0 Å². The molecule has 0 saturated carbocycles. The number of piperidine rings is 2. The molecule has 2 fully saturated rings. The molecule has 358 valence electrons. The number of nitrogens with one attached hydrogen (secondary N) is 3. The average molecular weight is 938 g/mol. The third kappa shape index (κ3) is 9.08. The molecule has 3 amide bonds. The number of imide groups is 1. The highest BCUT2D eigenvalue weighted by molar-refractivity contribution is 6.01. The second-order valence-electron chi connectivity index (χ2n) is 18.9. The molecule has 4 aliphatic rings. The van der Waals surface area contributed by atoms with Gasteiger partial charge < -0.3 is 20.1 Å². The Balaban J connectivity index is 0.741. The number of carbonyl (C=O) groups is 3. The van der Waals surface area contributed by atoms with Gasteiger partial charge in [-0.05, 0) is 124 Å². The first-order chi connectivity index (χ1) is 33.3. The van der Waals surface area contributed by atoms with Crippen LogP contribution in [0.15, 0.2) is 83.9 Å². The SMILES string of the molecule is CNc1ccn(-c2ccnc3c2cc([C@H](C)N2CC=C(c4c(C)cc(C(=O)N5CCn6nc(CN7CCC(c8ccc(NC9CCC(=O)NC9=O)cc8F)CC7)cc6C5)cc4F)CC2)n3C)c(=O)c1. The molecule has 15 nitrogen and oxygen atoms in total. The third-order valence-corrected chi connectivity index (χ3v) is 14.6. The Morgan fingerprint density at radius 2 is 1.74 bits per heavy atom. The number of aryl methyl sites for hydroxylation is 2. The number of hydrogen-bond donors (Lipinski definition) is 3. The Kier molecular flexibility index (Phi) is 12.5. The van der Waals surface area contributed by atoms with Crippen molar-refractivity contribution in [2.75, 3.05) is 50.4 Å². The molecule has 8 heterocycles. The molecule has 0 radical (unpaired) electrons. The van der Waals surface area contributed by atoms with Gasteiger partial charge in [0.25, 0.3) is 11.5 Å². The number of pyridine rings is 2. The van der Waals surface area contributed by atoms with Crippen LogP contribution < -0.4 is 21.5 Å². The van der Waals surface area contributed by atoms with Gasteiger partial charge in [0, 0.05) is 105 Å². The van der Waals surface area contributed by atoms with Crippen molar-refractivity contribution in [3.63, 3.8) is 0 Å². The van der Waals surface area contributed by atoms with Crippen molar-refractivity contribution in [1.82, 2.24) is 43.9 Å². The van der Waals surface area contributed by atoms with Crippen molar-refractivity contribution < 1.29 is 23.2 Å². The van der Waals surface area contributed by atoms with Crippen molar-refractivity contribution in [3.8, 4) is 5.69 Å². The second kappa shape index (κ2) is 18.8. The maximum absolute atomic E-state index is 16.2. The highest BCUT2D eigenvalue weighted by Crippen LogP contribution is 2.36. The van der Waals surface area contributed by atoms with Crippen molar-refractivity contribution in [1.29, 1.82) is 0 Å². The summed E-state index contributed by atoms with van der Waals surface area (Å²) in [5.41, 5.74) is 8.80. The van der Waals surface area contributed by atoms with Gasteiger partial charge in [0.1, 0.15) is 23.3 Å². The number of anilines is 2. The minimum Gasteiger partial charge on any atom is -0.388 e. The molecule has 17 heteroatoms. The van der Waals surface area contributed by atoms with E-state index < -0.39 is 17.8 Å². The summed E-state index contributed by atoms with van der Waals surface area (Å²) < 4.78 is 37.2. The van der Waals surface area contributed by atoms with Crippen LogP contribution in [0.5, 0.6) is 0 Å². The van der Waals surface area contributed by atoms with E-state index in [0.29, 0.717) is 74.5 Å². The van der Waals surface area contributed by atoms with Crippen molar-refractivity contribution in [2.45, 2.75) is 83.6 Å². The first-order valence-corrected chi connectivity index (χ1v) is 23.9. The first kappa shape index (κ1) is 45.8. The molecule has 69 heavy (non-hydrogen) atoms. The number of nitrogens with zero attached hydrogens (tertiary/aromatic N) is 8. The number of aromatic nitrogens is 5. The van der Waals surface area contributed by atoms with Gasteiger partial charge in [-0.25, -0.2) is 13.8 Å². The van der Waals surface area contributed by atoms with E-state index in [9.17, 15) is 19.2 Å². The van der Waals surface area contributed by atoms with Crippen LogP contribution in [0.25, 0.3) is 22.3 Å². The van der Waals surface area contributed by atoms with Gasteiger partial charge in [-0.1, -0.05) is 12.1 Å². The maximum atomic E-state index is 16.2. The zero-order valence-electron chi connectivity index (χ0n) is 39.4. The van der Waals surface area contributed by atoms with E-state index in [1.165, 1.54) is 12.1 Å². The number of halogens is 2. The number of benzene rings is 2. The molecular weight excluding hydrogens is 881 g/mol. The number of carbonyl (C=O) groups excluding carboxylic acids is 3. The monoisotopic (exact) mass is 937 g/mol. The quantitative estimate of drug-likeness (QED) is 0.120. The van der Waals surface area contributed by atoms with Gasteiger partial charge >= 0.3 is 0 Å². The van der Waals surface area contributed by atoms with Crippen LogP contribution in [-0.2, 0) is 36.3 Å². The number of amides is 3. The van der Waals surface area contributed by atoms with Crippen LogP contribution in [0.4, 0.5) is 20.2 Å². The summed E-state index contributed by atoms with van der Waals surface area (Å²) in [6, 6.07) is 17.1. The molecule has 2 saturated heterocycles. The zero-order chi connectivity index (χ0) is 48.1. The van der Waals surface area contributed by atoms with Crippen LogP contribution in [-0.4, -0.2) is 102 Å². The predicted molar refractivity (Wildman–Crippen MR) is 260 cm³/mol. The average Bonchev–Trinajstić information content (AvgIpc) is 3.91. The lowest BCUT2D eigenvalue weighted by atomic mass is 9.89. The Morgan fingerprint density at radius 1 is 0.913 bits per heavy atom. The smallest absolute Gasteiger partial charge is 0.257 e. The highest BCUT2D eigenvalue weighted by atomic mass is 19.1. The van der Waals surface area contributed by atoms with Gasteiger partial charge in [0.05, 0.1) is 30.2 Å². The lowest BCUT2D eigenvalue weighted by Crippen LogP contribution is -2.47. The summed E-state index contributed by atoms with van der Waals surface area (Å²) in [6.45, 7) is 8.96. The molecule has 10 rings (SSSR count). The summed E-state index contributed by atoms with van der Waals surface area (Å²) in [4.78, 5) is 61.7. The largest absolute Gasteiger partial charge is 0.388 e. The van der Waals surface area contributed by atoms with Crippen LogP contribution in [0, 0.1) is 18.6 Å². The summed E-state index contributed by atoms with van der Waals surface area (Å²) in [5, 5.41) is 14.2. The molecule has 6 aromatic rings. The van der Waals surface area contributed by atoms with Crippen molar-refractivity contribution in [3.05, 3.63) is 140 Å². The van der Waals surface area contributed by atoms with Crippen molar-refractivity contribution >= 4 is 45.7 Å². The normalized spacial score (nSPS) is 18.8. The Bertz CT molecular complexity index is 3070. The van der Waals surface area contributed by atoms with Crippen LogP contribution >= 0.6 is 0 Å². The summed E-state index contributed by atoms with van der Waals surface area (Å²) in [6.07, 6.45) is 8.45. The summed E-state index contributed by atoms with van der Waals surface area (Å²) in [5.74, 6) is -1.53. The first-order valence-electron chi connectivity index (χ1n) is 23.9. The number of fused-ring (bicyclic) bond motifs is 2. The fourth-order valence-electron chi connectivity index (χ4n) is 10.8. The summed E-state index contributed by atoms with van der Waals surface area (Å²) >= 11 is 0. The van der Waals surface area contributed by atoms with Gasteiger partial charge in [-0.3, -0.25) is 43.5 Å². The minimum atomic E-state index is -0.571. The molecular formula is C52H57F2N11O4. The minimum absolute atomic E-state index is 0.0155. The van der Waals surface area contributed by atoms with Gasteiger partial charge in [-0.15, -0.1) is 0 Å². The van der Waals surface area contributed by atoms with Crippen LogP contribution in [0.1, 0.15) is 95.1 Å². The number of rotatable bonds is 11. The van der Waals surface area contributed by atoms with Gasteiger partial charge in [0.2, 0.25) is 11.8 Å². The molecule has 2 atom stereocenters. The Morgan fingerprint density at radius 3 is 2.46 bits per heavy atom. The fraction of sp³-hybridized carbons (Fsp3) is 0.385. The standard InChI is InChI=1S/C52H57F2N11O4/c1-31-23-35(24-43(54)49(31)34-12-18-62(19-13-34)32(2)46-28-41-45(9-15-56-50(41)60(46)4)64-20-14-36(55-3)27-48(64)67)52(69)63-21-22-65-39(30-63)25-38(59-65)29-61-16-10-33(11-17-61)40-6-5-37(26-42(40)53)57-44-7-8-47(66)58-51(44)68/h5-6,9,12,14-15,20,23-28,32-33,44,55,57H,7-8,10-11,13,16-19,21-22,29-30H2,1-4H3,(H,58,66,68)/t32-,44?/m0/s1. The number of likely N-dealkylation sites (tertiary alicyclic amines) is 1. The van der Waals surface area contributed by atoms with E-state index in [0.717, 1.165) is 76.6 Å². The molecule has 4 aromatic heterocycles. The molecule has 0 aliphatic carbocycles. The summed E-state index contributed by atoms with van der Waals surface area (Å²) in [7, 11) is 3.78. The van der Waals surface area contributed by atoms with Crippen LogP contribution in [0.3, 0.4) is 0 Å². The van der Waals surface area contributed by atoms with E-state index in [1.54, 1.807) is 47.1 Å². The van der Waals surface area contributed by atoms with E-state index in [4.69, 9.17) is 5.10 Å². The van der Waals surface area contributed by atoms with E-state index in [2.05, 4.69) is 60.4 Å². The lowest BCUT2D eigenvalue weighted by Gasteiger charge is -2.32. The fourth-order valence-corrected chi connectivity index (χ4v) is 10.8. The Hall–Kier alpha value is -6.98. The van der Waals surface area contributed by atoms with E-state index in [-0.39, 0.29) is 41.6 Å². The molecule has 2 aromatic carbocycles. The van der Waals surface area contributed by atoms with E-state index in [1.807, 2.05) is 36.9 Å². The molecule has 3 N–H and O–H groups in total. The molecule has 0 spiro atoms. The maximum Gasteiger partial charge on any atom is 0.257 e. The number of hydrogen-bond acceptors (Lipinski definition) is 10. The Labute approximate surface area is 398 Å². The topological polar surface area (TPSA) is 155 Å². The van der Waals surface area contributed by atoms with Crippen molar-refractivity contribution in [2.24, 2.45) is 7.05 Å². The predicted octanol–water partition coefficient (Wildman–Crippen LogP) is 6.65. The third-order valence-electron chi connectivity index (χ3n) is 14.6. The van der Waals surface area contributed by atoms with E-state index >= 15 is 8.78 Å². The molecule has 1 unspecified atom stereocenters. The van der Waals surface area contributed by atoms with Gasteiger partial charge in [-0.2, -0.15) is 5.10 Å².